The quantitative estimate of drug-likeness (QED) is 0.696. The Hall–Kier alpha value is 0.630. The second-order valence-electron chi connectivity index (χ2n) is 3.77. The number of nitrogens with one attached hydrogen (secondary N) is 1. The lowest BCUT2D eigenvalue weighted by Crippen LogP contribution is -2.24. The summed E-state index contributed by atoms with van der Waals surface area (Å²) >= 11 is 14.0. The van der Waals surface area contributed by atoms with Gasteiger partial charge >= 0.3 is 0 Å². The largest absolute Gasteiger partial charge is 0.316 e. The van der Waals surface area contributed by atoms with E-state index in [1.807, 2.05) is 0 Å². The lowest BCUT2D eigenvalue weighted by Gasteiger charge is -2.21. The third-order valence-corrected chi connectivity index (χ3v) is 5.20. The van der Waals surface area contributed by atoms with Gasteiger partial charge in [0.05, 0.1) is 4.36 Å². The molecular weight excluding hydrogens is 225 g/mol. The van der Waals surface area contributed by atoms with Crippen molar-refractivity contribution in [2.24, 2.45) is 11.8 Å². The van der Waals surface area contributed by atoms with Gasteiger partial charge in [-0.05, 0) is 25.4 Å². The maximum Gasteiger partial charge on any atom is 0.0886 e. The van der Waals surface area contributed by atoms with Gasteiger partial charge in [0.25, 0.3) is 0 Å². The van der Waals surface area contributed by atoms with Crippen LogP contribution in [0.25, 0.3) is 0 Å². The molecule has 2 aliphatic heterocycles. The van der Waals surface area contributed by atoms with Crippen LogP contribution in [0.3, 0.4) is 0 Å². The normalized spacial score (nSPS) is 40.4. The number of fused-ring (bicyclic) bond motifs is 1. The summed E-state index contributed by atoms with van der Waals surface area (Å²) in [6, 6.07) is 0. The zero-order valence-electron chi connectivity index (χ0n) is 7.52. The van der Waals surface area contributed by atoms with Crippen molar-refractivity contribution in [2.45, 2.75) is 18.6 Å². The van der Waals surface area contributed by atoms with Crippen LogP contribution in [0.1, 0.15) is 13.3 Å². The molecule has 13 heavy (non-hydrogen) atoms. The zero-order valence-corrected chi connectivity index (χ0v) is 9.85. The summed E-state index contributed by atoms with van der Waals surface area (Å²) in [7, 11) is 0. The molecule has 1 nitrogen and oxygen atoms in total. The molecule has 0 aromatic carbocycles. The fraction of sp³-hybridized carbons (Fsp3) is 0.778. The van der Waals surface area contributed by atoms with E-state index < -0.39 is 0 Å². The van der Waals surface area contributed by atoms with E-state index in [1.165, 1.54) is 6.42 Å². The minimum Gasteiger partial charge on any atom is -0.316 e. The Bertz CT molecular complexity index is 242. The molecule has 2 heterocycles. The SMILES string of the molecule is CC1CNCCC2SC(Cl)=C(Cl)C12. The Morgan fingerprint density at radius 3 is 3.00 bits per heavy atom. The molecule has 4 heteroatoms. The van der Waals surface area contributed by atoms with Crippen molar-refractivity contribution in [1.29, 1.82) is 0 Å². The summed E-state index contributed by atoms with van der Waals surface area (Å²) in [5.74, 6) is 1.08. The third kappa shape index (κ3) is 1.87. The molecular formula is C9H13Cl2NS. The Labute approximate surface area is 93.2 Å². The molecule has 1 saturated heterocycles. The fourth-order valence-corrected chi connectivity index (χ4v) is 4.46. The highest BCUT2D eigenvalue weighted by molar-refractivity contribution is 8.05. The third-order valence-electron chi connectivity index (χ3n) is 2.82. The number of hydrogen-bond donors (Lipinski definition) is 1. The van der Waals surface area contributed by atoms with Crippen LogP contribution >= 0.6 is 35.0 Å². The highest BCUT2D eigenvalue weighted by atomic mass is 35.5. The number of halogens is 2. The van der Waals surface area contributed by atoms with Crippen molar-refractivity contribution in [1.82, 2.24) is 5.32 Å². The van der Waals surface area contributed by atoms with Gasteiger partial charge in [0.15, 0.2) is 0 Å². The van der Waals surface area contributed by atoms with Gasteiger partial charge in [-0.3, -0.25) is 0 Å². The number of hydrogen-bond acceptors (Lipinski definition) is 2. The van der Waals surface area contributed by atoms with E-state index in [0.29, 0.717) is 17.1 Å². The summed E-state index contributed by atoms with van der Waals surface area (Å²) in [6.45, 7) is 4.39. The molecule has 0 aromatic heterocycles. The monoisotopic (exact) mass is 237 g/mol. The molecule has 3 atom stereocenters. The van der Waals surface area contributed by atoms with E-state index in [9.17, 15) is 0 Å². The topological polar surface area (TPSA) is 12.0 Å². The van der Waals surface area contributed by atoms with Gasteiger partial charge in [0.1, 0.15) is 0 Å². The number of thioether (sulfide) groups is 1. The molecule has 0 aromatic rings. The average molecular weight is 238 g/mol. The van der Waals surface area contributed by atoms with E-state index in [0.717, 1.165) is 22.5 Å². The summed E-state index contributed by atoms with van der Waals surface area (Å²) in [6.07, 6.45) is 1.17. The van der Waals surface area contributed by atoms with E-state index in [2.05, 4.69) is 12.2 Å². The van der Waals surface area contributed by atoms with Crippen LogP contribution < -0.4 is 5.32 Å². The predicted molar refractivity (Wildman–Crippen MR) is 60.3 cm³/mol. The summed E-state index contributed by atoms with van der Waals surface area (Å²) in [5, 5.41) is 4.92. The molecule has 1 N–H and O–H groups in total. The first-order chi connectivity index (χ1) is 6.20. The van der Waals surface area contributed by atoms with Crippen molar-refractivity contribution in [3.63, 3.8) is 0 Å². The Kier molecular flexibility index (Phi) is 3.14. The summed E-state index contributed by atoms with van der Waals surface area (Å²) < 4.78 is 0.824. The van der Waals surface area contributed by atoms with Crippen molar-refractivity contribution < 1.29 is 0 Å². The molecule has 0 radical (unpaired) electrons. The molecule has 0 saturated carbocycles. The minimum absolute atomic E-state index is 0.481. The zero-order chi connectivity index (χ0) is 9.42. The Balaban J connectivity index is 2.21. The highest BCUT2D eigenvalue weighted by Gasteiger charge is 2.38. The van der Waals surface area contributed by atoms with E-state index in [1.54, 1.807) is 11.8 Å². The molecule has 0 bridgehead atoms. The predicted octanol–water partition coefficient (Wildman–Crippen LogP) is 2.99. The standard InChI is InChI=1S/C9H13Cl2NS/c1-5-4-12-3-2-6-7(5)8(10)9(11)13-6/h5-7,12H,2-4H2,1H3. The van der Waals surface area contributed by atoms with Gasteiger partial charge < -0.3 is 5.32 Å². The molecule has 0 spiro atoms. The Morgan fingerprint density at radius 2 is 2.23 bits per heavy atom. The second kappa shape index (κ2) is 4.01. The van der Waals surface area contributed by atoms with Crippen LogP contribution in [0.2, 0.25) is 0 Å². The van der Waals surface area contributed by atoms with Crippen molar-refractivity contribution in [3.8, 4) is 0 Å². The van der Waals surface area contributed by atoms with Crippen LogP contribution in [-0.2, 0) is 0 Å². The van der Waals surface area contributed by atoms with Gasteiger partial charge in [0.2, 0.25) is 0 Å². The maximum atomic E-state index is 6.20. The molecule has 74 valence electrons. The molecule has 0 aliphatic carbocycles. The van der Waals surface area contributed by atoms with Gasteiger partial charge in [0, 0.05) is 16.2 Å². The van der Waals surface area contributed by atoms with Crippen LogP contribution in [0.15, 0.2) is 9.40 Å². The van der Waals surface area contributed by atoms with Crippen LogP contribution in [0, 0.1) is 11.8 Å². The fourth-order valence-electron chi connectivity index (χ4n) is 2.11. The summed E-state index contributed by atoms with van der Waals surface area (Å²) in [5.41, 5.74) is 0. The lowest BCUT2D eigenvalue weighted by atomic mass is 9.90. The van der Waals surface area contributed by atoms with E-state index >= 15 is 0 Å². The molecule has 3 unspecified atom stereocenters. The first-order valence-corrected chi connectivity index (χ1v) is 6.26. The summed E-state index contributed by atoms with van der Waals surface area (Å²) in [4.78, 5) is 0. The Morgan fingerprint density at radius 1 is 1.46 bits per heavy atom. The number of rotatable bonds is 0. The lowest BCUT2D eigenvalue weighted by molar-refractivity contribution is 0.429. The van der Waals surface area contributed by atoms with Crippen LogP contribution in [-0.4, -0.2) is 18.3 Å². The highest BCUT2D eigenvalue weighted by Crippen LogP contribution is 2.50. The first-order valence-electron chi connectivity index (χ1n) is 4.62. The minimum atomic E-state index is 0.481. The maximum absolute atomic E-state index is 6.20. The smallest absolute Gasteiger partial charge is 0.0886 e. The average Bonchev–Trinajstić information content (AvgIpc) is 2.29. The first kappa shape index (κ1) is 10.2. The van der Waals surface area contributed by atoms with E-state index in [4.69, 9.17) is 23.2 Å². The molecule has 2 rings (SSSR count). The van der Waals surface area contributed by atoms with Crippen molar-refractivity contribution >= 4 is 35.0 Å². The van der Waals surface area contributed by atoms with Gasteiger partial charge in [-0.25, -0.2) is 0 Å². The second-order valence-corrected chi connectivity index (χ2v) is 6.03. The number of allylic oxidation sites excluding steroid dienone is 1. The van der Waals surface area contributed by atoms with Gasteiger partial charge in [-0.15, -0.1) is 11.8 Å². The molecule has 0 amide bonds. The van der Waals surface area contributed by atoms with Crippen LogP contribution in [0.5, 0.6) is 0 Å². The van der Waals surface area contributed by atoms with Gasteiger partial charge in [-0.2, -0.15) is 0 Å². The van der Waals surface area contributed by atoms with E-state index in [-0.39, 0.29) is 0 Å². The molecule has 1 fully saturated rings. The molecule has 2 aliphatic rings. The van der Waals surface area contributed by atoms with Crippen LogP contribution in [0.4, 0.5) is 0 Å². The van der Waals surface area contributed by atoms with Gasteiger partial charge in [-0.1, -0.05) is 30.1 Å². The van der Waals surface area contributed by atoms with Crippen molar-refractivity contribution in [3.05, 3.63) is 9.40 Å². The van der Waals surface area contributed by atoms with Crippen molar-refractivity contribution in [2.75, 3.05) is 13.1 Å².